The Morgan fingerprint density at radius 2 is 0.885 bits per heavy atom. The van der Waals surface area contributed by atoms with Crippen molar-refractivity contribution in [2.24, 2.45) is 0 Å². The van der Waals surface area contributed by atoms with E-state index in [-0.39, 0.29) is 65.3 Å². The minimum Gasteiger partial charge on any atom is -0.370 e. The first-order valence-corrected chi connectivity index (χ1v) is 8.10. The Morgan fingerprint density at radius 3 is 1.23 bits per heavy atom. The molecule has 0 aliphatic heterocycles. The van der Waals surface area contributed by atoms with E-state index in [2.05, 4.69) is 39.6 Å². The van der Waals surface area contributed by atoms with Gasteiger partial charge in [-0.15, -0.1) is 9.97 Å². The van der Waals surface area contributed by atoms with Gasteiger partial charge in [-0.05, 0) is 23.2 Å². The molecule has 12 heteroatoms. The molecule has 0 spiro atoms. The van der Waals surface area contributed by atoms with Gasteiger partial charge in [-0.3, -0.25) is 0 Å². The first-order chi connectivity index (χ1) is 12.4. The summed E-state index contributed by atoms with van der Waals surface area (Å²) in [6.07, 6.45) is 0. The maximum Gasteiger partial charge on any atom is 0.294 e. The molecular formula is C14Cl4N8. The average Bonchev–Trinajstić information content (AvgIpc) is 2.59. The summed E-state index contributed by atoms with van der Waals surface area (Å²) in [5, 5.41) is 0.254. The Bertz CT molecular complexity index is 1250. The first-order valence-electron chi connectivity index (χ1n) is 6.58. The first kappa shape index (κ1) is 16.8. The predicted molar refractivity (Wildman–Crippen MR) is 98.3 cm³/mol. The molecule has 124 valence electrons. The van der Waals surface area contributed by atoms with E-state index in [0.29, 0.717) is 0 Å². The highest BCUT2D eigenvalue weighted by Crippen LogP contribution is 2.40. The summed E-state index contributed by atoms with van der Waals surface area (Å²) in [5.74, 6) is -0.379. The molecule has 0 saturated carbocycles. The van der Waals surface area contributed by atoms with E-state index >= 15 is 0 Å². The molecular weight excluding hydrogens is 422 g/mol. The Labute approximate surface area is 164 Å². The van der Waals surface area contributed by atoms with Crippen molar-refractivity contribution < 1.29 is 0 Å². The fourth-order valence-corrected chi connectivity index (χ4v) is 3.44. The molecule has 1 aromatic carbocycles. The lowest BCUT2D eigenvalue weighted by Gasteiger charge is -2.07. The molecule has 4 aromatic rings. The van der Waals surface area contributed by atoms with Gasteiger partial charge in [0.1, 0.15) is 21.3 Å². The molecule has 4 rings (SSSR count). The highest BCUT2D eigenvalue weighted by molar-refractivity contribution is 6.43. The number of hydrogen-bond donors (Lipinski definition) is 0. The van der Waals surface area contributed by atoms with Crippen molar-refractivity contribution in [1.29, 1.82) is 0 Å². The normalized spacial score (nSPS) is 11.0. The van der Waals surface area contributed by atoms with Gasteiger partial charge in [0, 0.05) is 0 Å². The van der Waals surface area contributed by atoms with Gasteiger partial charge in [-0.1, -0.05) is 36.3 Å². The quantitative estimate of drug-likeness (QED) is 0.167. The molecule has 0 radical (unpaired) electrons. The van der Waals surface area contributed by atoms with Crippen LogP contribution in [0.25, 0.3) is 42.5 Å². The fourth-order valence-electron chi connectivity index (χ4n) is 2.49. The number of hydrogen-bond acceptors (Lipinski definition) is 6. The van der Waals surface area contributed by atoms with Crippen molar-refractivity contribution in [3.8, 4) is 0 Å². The summed E-state index contributed by atoms with van der Waals surface area (Å²) in [5.41, 5.74) is 0.815. The Hall–Kier alpha value is -2.62. The third-order valence-electron chi connectivity index (χ3n) is 3.44. The second-order valence-corrected chi connectivity index (χ2v) is 6.20. The van der Waals surface area contributed by atoms with Crippen molar-refractivity contribution in [2.45, 2.75) is 0 Å². The van der Waals surface area contributed by atoms with Gasteiger partial charge in [-0.2, -0.15) is 0 Å². The second kappa shape index (κ2) is 5.97. The number of nitrogens with zero attached hydrogens (tertiary/aromatic N) is 8. The molecule has 26 heavy (non-hydrogen) atoms. The third kappa shape index (κ3) is 2.36. The summed E-state index contributed by atoms with van der Waals surface area (Å²) in [7, 11) is 0. The average molecular weight is 422 g/mol. The maximum absolute atomic E-state index is 7.22. The Kier molecular flexibility index (Phi) is 3.87. The van der Waals surface area contributed by atoms with Crippen LogP contribution in [0.1, 0.15) is 0 Å². The second-order valence-electron chi connectivity index (χ2n) is 4.81. The van der Waals surface area contributed by atoms with Gasteiger partial charge in [0.2, 0.25) is 21.6 Å². The highest BCUT2D eigenvalue weighted by atomic mass is 35.5. The van der Waals surface area contributed by atoms with E-state index in [0.717, 1.165) is 0 Å². The largest absolute Gasteiger partial charge is 0.370 e. The van der Waals surface area contributed by atoms with Gasteiger partial charge in [0.15, 0.2) is 0 Å². The van der Waals surface area contributed by atoms with Crippen LogP contribution in [0, 0.1) is 13.1 Å². The number of rotatable bonds is 0. The highest BCUT2D eigenvalue weighted by Gasteiger charge is 2.26. The molecule has 3 heterocycles. The van der Waals surface area contributed by atoms with Crippen LogP contribution in [0.2, 0.25) is 20.9 Å². The van der Waals surface area contributed by atoms with Crippen LogP contribution < -0.4 is 0 Å². The minimum atomic E-state index is -0.190. The van der Waals surface area contributed by atoms with Crippen LogP contribution in [0.15, 0.2) is 0 Å². The van der Waals surface area contributed by atoms with E-state index in [9.17, 15) is 0 Å². The lowest BCUT2D eigenvalue weighted by molar-refractivity contribution is 1.20. The molecule has 0 aliphatic rings. The summed E-state index contributed by atoms with van der Waals surface area (Å²) < 4.78 is 0. The summed E-state index contributed by atoms with van der Waals surface area (Å²) >= 11 is 24.3. The van der Waals surface area contributed by atoms with Crippen molar-refractivity contribution in [2.75, 3.05) is 0 Å². The zero-order chi connectivity index (χ0) is 18.6. The lowest BCUT2D eigenvalue weighted by Crippen LogP contribution is -1.98. The molecule has 8 nitrogen and oxygen atoms in total. The van der Waals surface area contributed by atoms with Crippen molar-refractivity contribution >= 4 is 90.9 Å². The number of fused-ring (bicyclic) bond motifs is 6. The topological polar surface area (TPSA) is 86.1 Å². The fraction of sp³-hybridized carbons (Fsp3) is 0. The van der Waals surface area contributed by atoms with E-state index < -0.39 is 0 Å². The third-order valence-corrected chi connectivity index (χ3v) is 4.33. The van der Waals surface area contributed by atoms with Crippen molar-refractivity contribution in [3.05, 3.63) is 43.7 Å². The van der Waals surface area contributed by atoms with E-state index in [1.165, 1.54) is 0 Å². The Balaban J connectivity index is 2.45. The van der Waals surface area contributed by atoms with Crippen LogP contribution in [0.4, 0.5) is 11.6 Å². The predicted octanol–water partition coefficient (Wildman–Crippen LogP) is 5.23. The van der Waals surface area contributed by atoms with Gasteiger partial charge >= 0.3 is 0 Å². The van der Waals surface area contributed by atoms with Crippen LogP contribution in [-0.4, -0.2) is 29.9 Å². The summed E-state index contributed by atoms with van der Waals surface area (Å²) in [6, 6.07) is 0. The van der Waals surface area contributed by atoms with Crippen molar-refractivity contribution in [3.63, 3.8) is 0 Å². The SMILES string of the molecule is [C-]#[N+]c1nc2c(nc1[N+]#[C-])c1c(Cl)nc(Cl)nc1c1nc(Cl)nc(Cl)c12. The molecule has 0 amide bonds. The maximum atomic E-state index is 7.22. The van der Waals surface area contributed by atoms with Crippen LogP contribution in [-0.2, 0) is 0 Å². The van der Waals surface area contributed by atoms with Crippen LogP contribution >= 0.6 is 46.4 Å². The van der Waals surface area contributed by atoms with Gasteiger partial charge in [0.25, 0.3) is 11.6 Å². The number of halogens is 4. The van der Waals surface area contributed by atoms with Crippen LogP contribution in [0.3, 0.4) is 0 Å². The molecule has 0 saturated heterocycles. The van der Waals surface area contributed by atoms with Gasteiger partial charge in [-0.25, -0.2) is 19.9 Å². The zero-order valence-electron chi connectivity index (χ0n) is 12.1. The standard InChI is InChI=1S/C14Cl4N8/c1-19-11-12(20-2)22-6-4-8(24-14(18)26-10(4)16)7-3(5(6)21-11)9(15)25-13(17)23-7. The smallest absolute Gasteiger partial charge is 0.294 e. The molecule has 0 N–H and O–H groups in total. The van der Waals surface area contributed by atoms with Gasteiger partial charge < -0.3 is 9.69 Å². The Morgan fingerprint density at radius 1 is 0.538 bits per heavy atom. The number of benzene rings is 1. The lowest BCUT2D eigenvalue weighted by atomic mass is 10.1. The summed E-state index contributed by atoms with van der Waals surface area (Å²) in [4.78, 5) is 31.0. The summed E-state index contributed by atoms with van der Waals surface area (Å²) in [6.45, 7) is 14.4. The van der Waals surface area contributed by atoms with E-state index in [4.69, 9.17) is 59.5 Å². The number of aromatic nitrogens is 6. The van der Waals surface area contributed by atoms with Crippen LogP contribution in [0.5, 0.6) is 0 Å². The minimum absolute atomic E-state index is 0.0152. The van der Waals surface area contributed by atoms with E-state index in [1.807, 2.05) is 0 Å². The molecule has 0 bridgehead atoms. The zero-order valence-corrected chi connectivity index (χ0v) is 15.1. The van der Waals surface area contributed by atoms with E-state index in [1.54, 1.807) is 0 Å². The molecule has 0 atom stereocenters. The monoisotopic (exact) mass is 420 g/mol. The molecule has 3 aromatic heterocycles. The van der Waals surface area contributed by atoms with Crippen molar-refractivity contribution in [1.82, 2.24) is 29.9 Å². The molecule has 0 unspecified atom stereocenters. The van der Waals surface area contributed by atoms with Gasteiger partial charge in [0.05, 0.1) is 10.8 Å². The molecule has 0 aliphatic carbocycles. The molecule has 0 fully saturated rings.